The number of rotatable bonds is 6. The van der Waals surface area contributed by atoms with E-state index in [0.29, 0.717) is 29.3 Å². The molecule has 5 nitrogen and oxygen atoms in total. The average molecular weight is 756 g/mol. The first-order valence-electron chi connectivity index (χ1n) is 20.1. The van der Waals surface area contributed by atoms with Gasteiger partial charge in [0.15, 0.2) is 5.84 Å². The molecule has 5 heteroatoms. The summed E-state index contributed by atoms with van der Waals surface area (Å²) in [5.74, 6) is 0.490. The summed E-state index contributed by atoms with van der Waals surface area (Å²) >= 11 is 0. The zero-order chi connectivity index (χ0) is 39.5. The van der Waals surface area contributed by atoms with Crippen LogP contribution >= 0.6 is 0 Å². The van der Waals surface area contributed by atoms with Crippen molar-refractivity contribution in [2.45, 2.75) is 18.8 Å². The van der Waals surface area contributed by atoms with Gasteiger partial charge in [0.25, 0.3) is 0 Å². The van der Waals surface area contributed by atoms with E-state index in [1.807, 2.05) is 36.4 Å². The van der Waals surface area contributed by atoms with E-state index in [2.05, 4.69) is 157 Å². The number of aromatic nitrogens is 3. The molecule has 2 aliphatic carbocycles. The van der Waals surface area contributed by atoms with Gasteiger partial charge < -0.3 is 0 Å². The second-order valence-electron chi connectivity index (χ2n) is 15.1. The monoisotopic (exact) mass is 755 g/mol. The Morgan fingerprint density at radius 2 is 1.14 bits per heavy atom. The number of nitrogens with zero attached hydrogens (tertiary/aromatic N) is 5. The Kier molecular flexibility index (Phi) is 8.09. The van der Waals surface area contributed by atoms with Crippen LogP contribution in [0.1, 0.15) is 52.5 Å². The SMILES string of the molecule is C=C(N=C(N=C(CC)c1ccc(-c2nc3ccccc3c3c4c(ccc23)C2(c3ccccc3-c3ccccc32)c2ccccc2-4)cc1)c1ccccn1)c1ccccn1. The molecule has 0 fully saturated rings. The molecule has 0 bridgehead atoms. The molecule has 0 atom stereocenters. The lowest BCUT2D eigenvalue weighted by atomic mass is 9.70. The highest BCUT2D eigenvalue weighted by molar-refractivity contribution is 6.20. The van der Waals surface area contributed by atoms with E-state index in [4.69, 9.17) is 15.0 Å². The highest BCUT2D eigenvalue weighted by Crippen LogP contribution is 2.64. The Bertz CT molecular complexity index is 3150. The van der Waals surface area contributed by atoms with Crippen LogP contribution in [0.3, 0.4) is 0 Å². The summed E-state index contributed by atoms with van der Waals surface area (Å²) < 4.78 is 0. The van der Waals surface area contributed by atoms with Crippen LogP contribution in [0.4, 0.5) is 0 Å². The number of fused-ring (bicyclic) bond motifs is 14. The highest BCUT2D eigenvalue weighted by Gasteiger charge is 2.52. The number of benzene rings is 6. The third-order valence-electron chi connectivity index (χ3n) is 12.0. The van der Waals surface area contributed by atoms with Crippen molar-refractivity contribution in [3.63, 3.8) is 0 Å². The molecule has 6 aromatic carbocycles. The Hall–Kier alpha value is -7.63. The van der Waals surface area contributed by atoms with Gasteiger partial charge in [0.05, 0.1) is 28.0 Å². The van der Waals surface area contributed by atoms with Crippen molar-refractivity contribution < 1.29 is 0 Å². The van der Waals surface area contributed by atoms with Gasteiger partial charge in [-0.2, -0.15) is 0 Å². The Morgan fingerprint density at radius 3 is 1.80 bits per heavy atom. The zero-order valence-electron chi connectivity index (χ0n) is 32.5. The molecule has 3 aromatic heterocycles. The topological polar surface area (TPSA) is 63.4 Å². The van der Waals surface area contributed by atoms with E-state index in [9.17, 15) is 0 Å². The van der Waals surface area contributed by atoms with E-state index in [0.717, 1.165) is 38.8 Å². The fourth-order valence-corrected chi connectivity index (χ4v) is 9.49. The molecule has 1 spiro atoms. The number of aliphatic imine (C=N–C) groups is 2. The summed E-state index contributed by atoms with van der Waals surface area (Å²) in [6, 6.07) is 60.3. The van der Waals surface area contributed by atoms with Crippen LogP contribution in [0.25, 0.3) is 60.9 Å². The molecule has 0 aliphatic heterocycles. The molecule has 11 rings (SSSR count). The maximum atomic E-state index is 5.39. The molecule has 59 heavy (non-hydrogen) atoms. The predicted molar refractivity (Wildman–Crippen MR) is 242 cm³/mol. The summed E-state index contributed by atoms with van der Waals surface area (Å²) in [6.45, 7) is 6.32. The molecule has 0 saturated heterocycles. The van der Waals surface area contributed by atoms with Gasteiger partial charge in [-0.25, -0.2) is 15.0 Å². The average Bonchev–Trinajstić information content (AvgIpc) is 3.78. The first kappa shape index (κ1) is 34.6. The molecule has 0 radical (unpaired) electrons. The number of amidine groups is 1. The lowest BCUT2D eigenvalue weighted by molar-refractivity contribution is 0.794. The number of hydrogen-bond acceptors (Lipinski definition) is 4. The second-order valence-corrected chi connectivity index (χ2v) is 15.1. The van der Waals surface area contributed by atoms with Gasteiger partial charge >= 0.3 is 0 Å². The van der Waals surface area contributed by atoms with E-state index in [1.165, 1.54) is 49.9 Å². The maximum absolute atomic E-state index is 5.39. The van der Waals surface area contributed by atoms with Gasteiger partial charge in [0.1, 0.15) is 5.69 Å². The number of para-hydroxylation sites is 1. The fourth-order valence-electron chi connectivity index (χ4n) is 9.49. The minimum atomic E-state index is -0.420. The van der Waals surface area contributed by atoms with Crippen LogP contribution in [0, 0.1) is 0 Å². The number of pyridine rings is 3. The molecule has 0 saturated carbocycles. The minimum absolute atomic E-state index is 0.420. The predicted octanol–water partition coefficient (Wildman–Crippen LogP) is 12.5. The molecule has 0 N–H and O–H groups in total. The molecule has 3 heterocycles. The van der Waals surface area contributed by atoms with Crippen molar-refractivity contribution >= 4 is 38.9 Å². The van der Waals surface area contributed by atoms with E-state index >= 15 is 0 Å². The van der Waals surface area contributed by atoms with Gasteiger partial charge in [-0.05, 0) is 86.8 Å². The zero-order valence-corrected chi connectivity index (χ0v) is 32.5. The third-order valence-corrected chi connectivity index (χ3v) is 12.0. The summed E-state index contributed by atoms with van der Waals surface area (Å²) in [6.07, 6.45) is 4.19. The largest absolute Gasteiger partial charge is 0.255 e. The van der Waals surface area contributed by atoms with Gasteiger partial charge in [0.2, 0.25) is 0 Å². The summed E-state index contributed by atoms with van der Waals surface area (Å²) in [4.78, 5) is 24.4. The summed E-state index contributed by atoms with van der Waals surface area (Å²) in [5, 5.41) is 3.52. The van der Waals surface area contributed by atoms with Crippen LogP contribution in [0.15, 0.2) is 199 Å². The highest BCUT2D eigenvalue weighted by atomic mass is 15.0. The van der Waals surface area contributed by atoms with Crippen molar-refractivity contribution in [3.8, 4) is 33.5 Å². The Labute approximate surface area is 342 Å². The van der Waals surface area contributed by atoms with Crippen molar-refractivity contribution in [1.82, 2.24) is 15.0 Å². The van der Waals surface area contributed by atoms with Gasteiger partial charge in [-0.1, -0.05) is 153 Å². The quantitative estimate of drug-likeness (QED) is 0.0964. The molecule has 0 amide bonds. The summed E-state index contributed by atoms with van der Waals surface area (Å²) in [5.41, 5.74) is 16.8. The minimum Gasteiger partial charge on any atom is -0.255 e. The molecule has 2 aliphatic rings. The lowest BCUT2D eigenvalue weighted by Crippen LogP contribution is -2.25. The van der Waals surface area contributed by atoms with Crippen LogP contribution in [-0.4, -0.2) is 26.5 Å². The van der Waals surface area contributed by atoms with Crippen molar-refractivity contribution in [3.05, 3.63) is 228 Å². The molecule has 0 unspecified atom stereocenters. The smallest absolute Gasteiger partial charge is 0.179 e. The van der Waals surface area contributed by atoms with Gasteiger partial charge in [0, 0.05) is 39.8 Å². The van der Waals surface area contributed by atoms with Crippen molar-refractivity contribution in [2.75, 3.05) is 0 Å². The first-order chi connectivity index (χ1) is 29.1. The van der Waals surface area contributed by atoms with Crippen LogP contribution in [0.5, 0.6) is 0 Å². The molecule has 278 valence electrons. The first-order valence-corrected chi connectivity index (χ1v) is 20.1. The van der Waals surface area contributed by atoms with Crippen molar-refractivity contribution in [1.29, 1.82) is 0 Å². The fraction of sp³-hybridized carbons (Fsp3) is 0.0556. The molecular formula is C54H37N5. The van der Waals surface area contributed by atoms with Gasteiger partial charge in [-0.3, -0.25) is 9.97 Å². The van der Waals surface area contributed by atoms with Crippen LogP contribution in [0.2, 0.25) is 0 Å². The van der Waals surface area contributed by atoms with Crippen LogP contribution in [-0.2, 0) is 5.41 Å². The van der Waals surface area contributed by atoms with Crippen molar-refractivity contribution in [2.24, 2.45) is 9.98 Å². The third kappa shape index (κ3) is 5.28. The molecule has 9 aromatic rings. The Morgan fingerprint density at radius 1 is 0.542 bits per heavy atom. The second kappa shape index (κ2) is 13.8. The maximum Gasteiger partial charge on any atom is 0.179 e. The Balaban J connectivity index is 1.08. The summed E-state index contributed by atoms with van der Waals surface area (Å²) in [7, 11) is 0. The lowest BCUT2D eigenvalue weighted by Gasteiger charge is -2.30. The number of hydrogen-bond donors (Lipinski definition) is 0. The van der Waals surface area contributed by atoms with Crippen LogP contribution < -0.4 is 0 Å². The standard InChI is InChI=1S/C54H37N5/c1-3-46(59-53(49-25-13-15-33-56-49)57-34(2)47-23-12-14-32-55-47)35-26-28-36(29-27-35)52-41-30-31-45-51(50(41)40-19-7-11-24-48(40)58-52)39-18-6-10-22-44(39)54(45)42-20-8-4-16-37(42)38-17-5-9-21-43(38)54/h4-33H,2-3H2,1H3. The molecular weight excluding hydrogens is 719 g/mol. The van der Waals surface area contributed by atoms with E-state index in [1.54, 1.807) is 12.4 Å². The van der Waals surface area contributed by atoms with Gasteiger partial charge in [-0.15, -0.1) is 0 Å². The normalized spacial score (nSPS) is 13.6. The van der Waals surface area contributed by atoms with E-state index in [-0.39, 0.29) is 0 Å². The van der Waals surface area contributed by atoms with E-state index < -0.39 is 5.41 Å².